The maximum Gasteiger partial charge on any atom is 0.307 e. The van der Waals surface area contributed by atoms with Crippen molar-refractivity contribution >= 4 is 11.9 Å². The minimum Gasteiger partial charge on any atom is -0.481 e. The normalized spacial score (nSPS) is 23.8. The molecule has 0 saturated carbocycles. The highest BCUT2D eigenvalue weighted by molar-refractivity contribution is 5.85. The Morgan fingerprint density at radius 2 is 2.11 bits per heavy atom. The Balaban J connectivity index is 2.02. The predicted molar refractivity (Wildman–Crippen MR) is 68.1 cm³/mol. The summed E-state index contributed by atoms with van der Waals surface area (Å²) < 4.78 is 0. The van der Waals surface area contributed by atoms with Gasteiger partial charge in [-0.05, 0) is 19.8 Å². The van der Waals surface area contributed by atoms with Crippen LogP contribution >= 0.6 is 0 Å². The van der Waals surface area contributed by atoms with Crippen molar-refractivity contribution in [2.75, 3.05) is 0 Å². The minimum absolute atomic E-state index is 0.236. The number of nitrogens with one attached hydrogen (secondary N) is 2. The summed E-state index contributed by atoms with van der Waals surface area (Å²) in [6.07, 6.45) is 7.85. The molecule has 0 aliphatic heterocycles. The van der Waals surface area contributed by atoms with Crippen LogP contribution in [0, 0.1) is 11.8 Å². The Morgan fingerprint density at radius 3 is 2.68 bits per heavy atom. The summed E-state index contributed by atoms with van der Waals surface area (Å²) in [7, 11) is 0. The quantitative estimate of drug-likeness (QED) is 0.712. The van der Waals surface area contributed by atoms with E-state index in [9.17, 15) is 9.59 Å². The van der Waals surface area contributed by atoms with Gasteiger partial charge in [0.2, 0.25) is 5.91 Å². The molecule has 0 aromatic carbocycles. The second-order valence-electron chi connectivity index (χ2n) is 4.70. The molecule has 0 saturated heterocycles. The lowest BCUT2D eigenvalue weighted by Gasteiger charge is -2.25. The Hall–Kier alpha value is -2.11. The topological polar surface area (TPSA) is 95.1 Å². The van der Waals surface area contributed by atoms with E-state index in [-0.39, 0.29) is 11.9 Å². The van der Waals surface area contributed by atoms with Crippen LogP contribution in [0.4, 0.5) is 0 Å². The molecule has 1 aliphatic carbocycles. The summed E-state index contributed by atoms with van der Waals surface area (Å²) in [5.74, 6) is -1.66. The van der Waals surface area contributed by atoms with Crippen LogP contribution in [0.1, 0.15) is 31.6 Å². The van der Waals surface area contributed by atoms with Gasteiger partial charge in [0.15, 0.2) is 0 Å². The number of aromatic amines is 1. The van der Waals surface area contributed by atoms with E-state index in [2.05, 4.69) is 15.3 Å². The van der Waals surface area contributed by atoms with E-state index in [4.69, 9.17) is 5.11 Å². The van der Waals surface area contributed by atoms with Crippen molar-refractivity contribution in [1.29, 1.82) is 0 Å². The van der Waals surface area contributed by atoms with Crippen LogP contribution in [0.25, 0.3) is 0 Å². The molecule has 6 nitrogen and oxygen atoms in total. The number of imidazole rings is 1. The number of allylic oxidation sites excluding steroid dienone is 2. The molecular formula is C13H17N3O3. The van der Waals surface area contributed by atoms with Crippen LogP contribution in [-0.4, -0.2) is 27.0 Å². The number of carboxylic acids is 1. The molecule has 0 radical (unpaired) electrons. The van der Waals surface area contributed by atoms with Gasteiger partial charge < -0.3 is 15.4 Å². The average molecular weight is 263 g/mol. The first-order chi connectivity index (χ1) is 9.09. The molecule has 6 heteroatoms. The van der Waals surface area contributed by atoms with Gasteiger partial charge in [-0.2, -0.15) is 0 Å². The third-order valence-electron chi connectivity index (χ3n) is 3.37. The maximum atomic E-state index is 12.2. The summed E-state index contributed by atoms with van der Waals surface area (Å²) in [5, 5.41) is 12.0. The molecule has 1 aromatic rings. The van der Waals surface area contributed by atoms with Crippen LogP contribution in [0.3, 0.4) is 0 Å². The molecule has 1 heterocycles. The van der Waals surface area contributed by atoms with Gasteiger partial charge in [-0.3, -0.25) is 9.59 Å². The number of aromatic nitrogens is 2. The van der Waals surface area contributed by atoms with Crippen LogP contribution in [0.15, 0.2) is 24.5 Å². The van der Waals surface area contributed by atoms with Crippen molar-refractivity contribution in [1.82, 2.24) is 15.3 Å². The van der Waals surface area contributed by atoms with E-state index in [1.54, 1.807) is 12.4 Å². The van der Waals surface area contributed by atoms with Crippen LogP contribution in [0.5, 0.6) is 0 Å². The molecule has 3 N–H and O–H groups in total. The van der Waals surface area contributed by atoms with Gasteiger partial charge in [-0.25, -0.2) is 4.98 Å². The molecule has 0 fully saturated rings. The van der Waals surface area contributed by atoms with Crippen LogP contribution in [-0.2, 0) is 9.59 Å². The summed E-state index contributed by atoms with van der Waals surface area (Å²) >= 11 is 0. The van der Waals surface area contributed by atoms with E-state index in [1.807, 2.05) is 19.1 Å². The first-order valence-corrected chi connectivity index (χ1v) is 6.27. The van der Waals surface area contributed by atoms with Crippen molar-refractivity contribution < 1.29 is 14.7 Å². The van der Waals surface area contributed by atoms with E-state index >= 15 is 0 Å². The molecule has 2 rings (SSSR count). The van der Waals surface area contributed by atoms with E-state index in [0.29, 0.717) is 18.7 Å². The Bertz CT molecular complexity index is 481. The first kappa shape index (κ1) is 13.3. The van der Waals surface area contributed by atoms with Crippen molar-refractivity contribution in [3.63, 3.8) is 0 Å². The van der Waals surface area contributed by atoms with Gasteiger partial charge in [0.1, 0.15) is 5.82 Å². The monoisotopic (exact) mass is 263 g/mol. The van der Waals surface area contributed by atoms with Crippen LogP contribution < -0.4 is 5.32 Å². The lowest BCUT2D eigenvalue weighted by Crippen LogP contribution is -2.40. The van der Waals surface area contributed by atoms with Crippen molar-refractivity contribution in [3.8, 4) is 0 Å². The lowest BCUT2D eigenvalue weighted by molar-refractivity contribution is -0.147. The number of hydrogen-bond acceptors (Lipinski definition) is 3. The third-order valence-corrected chi connectivity index (χ3v) is 3.37. The van der Waals surface area contributed by atoms with Crippen molar-refractivity contribution in [2.24, 2.45) is 11.8 Å². The zero-order valence-corrected chi connectivity index (χ0v) is 10.7. The number of carbonyl (C=O) groups is 2. The number of carbonyl (C=O) groups excluding carboxylic acids is 1. The van der Waals surface area contributed by atoms with Gasteiger partial charge in [0.05, 0.1) is 17.9 Å². The molecule has 1 amide bonds. The number of aliphatic carboxylic acids is 1. The van der Waals surface area contributed by atoms with Crippen molar-refractivity contribution in [2.45, 2.75) is 25.8 Å². The number of H-pyrrole nitrogens is 1. The SMILES string of the molecule is CC(NC(=O)[C@@H]1CC=CC[C@@H]1C(=O)O)c1ncc[nH]1. The predicted octanol–water partition coefficient (Wildman–Crippen LogP) is 1.25. The summed E-state index contributed by atoms with van der Waals surface area (Å²) in [6.45, 7) is 1.81. The van der Waals surface area contributed by atoms with E-state index in [0.717, 1.165) is 0 Å². The highest BCUT2D eigenvalue weighted by Crippen LogP contribution is 2.26. The number of nitrogens with zero attached hydrogens (tertiary/aromatic N) is 1. The first-order valence-electron chi connectivity index (χ1n) is 6.27. The zero-order chi connectivity index (χ0) is 13.8. The van der Waals surface area contributed by atoms with Gasteiger partial charge >= 0.3 is 5.97 Å². The standard InChI is InChI=1S/C13H17N3O3/c1-8(11-14-6-7-15-11)16-12(17)9-4-2-3-5-10(9)13(18)19/h2-3,6-10H,4-5H2,1H3,(H,14,15)(H,16,17)(H,18,19)/t8?,9-,10+/m1/s1. The molecular weight excluding hydrogens is 246 g/mol. The van der Waals surface area contributed by atoms with Crippen molar-refractivity contribution in [3.05, 3.63) is 30.4 Å². The average Bonchev–Trinajstić information content (AvgIpc) is 2.92. The van der Waals surface area contributed by atoms with Gasteiger partial charge in [0, 0.05) is 12.4 Å². The number of carboxylic acid groups (broad SMARTS) is 1. The second kappa shape index (κ2) is 5.69. The van der Waals surface area contributed by atoms with E-state index < -0.39 is 17.8 Å². The molecule has 0 spiro atoms. The highest BCUT2D eigenvalue weighted by Gasteiger charge is 2.34. The smallest absolute Gasteiger partial charge is 0.307 e. The number of amides is 1. The summed E-state index contributed by atoms with van der Waals surface area (Å²) in [5.41, 5.74) is 0. The third kappa shape index (κ3) is 3.01. The molecule has 1 unspecified atom stereocenters. The van der Waals surface area contributed by atoms with Gasteiger partial charge in [-0.15, -0.1) is 0 Å². The molecule has 19 heavy (non-hydrogen) atoms. The zero-order valence-electron chi connectivity index (χ0n) is 10.7. The number of rotatable bonds is 4. The van der Waals surface area contributed by atoms with Gasteiger partial charge in [0.25, 0.3) is 0 Å². The molecule has 0 bridgehead atoms. The van der Waals surface area contributed by atoms with Gasteiger partial charge in [-0.1, -0.05) is 12.2 Å². The fraction of sp³-hybridized carbons (Fsp3) is 0.462. The Kier molecular flexibility index (Phi) is 3.99. The summed E-state index contributed by atoms with van der Waals surface area (Å²) in [6, 6.07) is -0.261. The maximum absolute atomic E-state index is 12.2. The molecule has 3 atom stereocenters. The minimum atomic E-state index is -0.921. The largest absolute Gasteiger partial charge is 0.481 e. The molecule has 102 valence electrons. The van der Waals surface area contributed by atoms with E-state index in [1.165, 1.54) is 0 Å². The molecule has 1 aliphatic rings. The Labute approximate surface area is 110 Å². The number of hydrogen-bond donors (Lipinski definition) is 3. The molecule has 1 aromatic heterocycles. The summed E-state index contributed by atoms with van der Waals surface area (Å²) in [4.78, 5) is 30.3. The Morgan fingerprint density at radius 1 is 1.42 bits per heavy atom. The highest BCUT2D eigenvalue weighted by atomic mass is 16.4. The van der Waals surface area contributed by atoms with Crippen LogP contribution in [0.2, 0.25) is 0 Å². The lowest BCUT2D eigenvalue weighted by atomic mass is 9.82. The fourth-order valence-corrected chi connectivity index (χ4v) is 2.28. The fourth-order valence-electron chi connectivity index (χ4n) is 2.28. The second-order valence-corrected chi connectivity index (χ2v) is 4.70.